The fourth-order valence-electron chi connectivity index (χ4n) is 1.90. The van der Waals surface area contributed by atoms with E-state index in [4.69, 9.17) is 0 Å². The molecular formula is C15H15N5OS2. The van der Waals surface area contributed by atoms with E-state index in [1.54, 1.807) is 11.6 Å². The van der Waals surface area contributed by atoms with E-state index >= 15 is 0 Å². The van der Waals surface area contributed by atoms with E-state index in [2.05, 4.69) is 25.7 Å². The Morgan fingerprint density at radius 1 is 1.35 bits per heavy atom. The Hall–Kier alpha value is -2.19. The highest BCUT2D eigenvalue weighted by atomic mass is 32.2. The Kier molecular flexibility index (Phi) is 4.73. The summed E-state index contributed by atoms with van der Waals surface area (Å²) in [5.74, 6) is 0.0581. The van der Waals surface area contributed by atoms with Gasteiger partial charge in [0.1, 0.15) is 5.51 Å². The molecule has 8 heteroatoms. The third kappa shape index (κ3) is 3.77. The van der Waals surface area contributed by atoms with E-state index in [1.165, 1.54) is 23.1 Å². The molecule has 3 aromatic rings. The SMILES string of the molecule is CC(C)c1cc(C(=O)Nc2ccccc2Sc2nncs2)n[nH]1. The van der Waals surface area contributed by atoms with Crippen LogP contribution >= 0.6 is 23.1 Å². The van der Waals surface area contributed by atoms with Crippen molar-refractivity contribution in [3.63, 3.8) is 0 Å². The predicted octanol–water partition coefficient (Wildman–Crippen LogP) is 3.79. The minimum atomic E-state index is -0.238. The Morgan fingerprint density at radius 3 is 2.87 bits per heavy atom. The summed E-state index contributed by atoms with van der Waals surface area (Å²) in [4.78, 5) is 13.3. The molecule has 0 radical (unpaired) electrons. The number of aromatic nitrogens is 4. The summed E-state index contributed by atoms with van der Waals surface area (Å²) in [6, 6.07) is 9.37. The zero-order chi connectivity index (χ0) is 16.2. The number of amides is 1. The fraction of sp³-hybridized carbons (Fsp3) is 0.200. The molecule has 6 nitrogen and oxygen atoms in total. The molecule has 0 fully saturated rings. The van der Waals surface area contributed by atoms with Crippen LogP contribution in [0.25, 0.3) is 0 Å². The van der Waals surface area contributed by atoms with Crippen molar-refractivity contribution in [1.82, 2.24) is 20.4 Å². The molecule has 0 bridgehead atoms. The highest BCUT2D eigenvalue weighted by Gasteiger charge is 2.14. The zero-order valence-electron chi connectivity index (χ0n) is 12.6. The van der Waals surface area contributed by atoms with Gasteiger partial charge in [-0.3, -0.25) is 9.89 Å². The average molecular weight is 345 g/mol. The number of benzene rings is 1. The van der Waals surface area contributed by atoms with Gasteiger partial charge in [-0.05, 0) is 24.1 Å². The highest BCUT2D eigenvalue weighted by Crippen LogP contribution is 2.34. The molecular weight excluding hydrogens is 330 g/mol. The summed E-state index contributed by atoms with van der Waals surface area (Å²) in [5.41, 5.74) is 3.73. The zero-order valence-corrected chi connectivity index (χ0v) is 14.2. The maximum atomic E-state index is 12.4. The molecule has 3 rings (SSSR count). The van der Waals surface area contributed by atoms with Crippen LogP contribution < -0.4 is 5.32 Å². The molecule has 0 aliphatic rings. The van der Waals surface area contributed by atoms with Gasteiger partial charge in [-0.1, -0.05) is 49.1 Å². The third-order valence-corrected chi connectivity index (χ3v) is 4.98. The van der Waals surface area contributed by atoms with Crippen LogP contribution in [0.3, 0.4) is 0 Å². The summed E-state index contributed by atoms with van der Waals surface area (Å²) in [6.07, 6.45) is 0. The lowest BCUT2D eigenvalue weighted by molar-refractivity contribution is 0.102. The van der Waals surface area contributed by atoms with Gasteiger partial charge in [0.15, 0.2) is 10.0 Å². The molecule has 1 aromatic carbocycles. The predicted molar refractivity (Wildman–Crippen MR) is 91.1 cm³/mol. The van der Waals surface area contributed by atoms with E-state index in [0.717, 1.165) is 20.6 Å². The van der Waals surface area contributed by atoms with Crippen molar-refractivity contribution in [2.45, 2.75) is 29.0 Å². The van der Waals surface area contributed by atoms with Crippen molar-refractivity contribution >= 4 is 34.7 Å². The number of nitrogens with one attached hydrogen (secondary N) is 2. The molecule has 0 atom stereocenters. The second kappa shape index (κ2) is 6.93. The van der Waals surface area contributed by atoms with Gasteiger partial charge in [0.05, 0.1) is 5.69 Å². The third-order valence-electron chi connectivity index (χ3n) is 3.12. The van der Waals surface area contributed by atoms with Crippen molar-refractivity contribution in [3.05, 3.63) is 47.2 Å². The Labute approximate surface area is 141 Å². The summed E-state index contributed by atoms with van der Waals surface area (Å²) in [5, 5.41) is 17.7. The normalized spacial score (nSPS) is 10.9. The minimum absolute atomic E-state index is 0.238. The molecule has 0 saturated carbocycles. The van der Waals surface area contributed by atoms with Gasteiger partial charge in [0.25, 0.3) is 5.91 Å². The van der Waals surface area contributed by atoms with Crippen LogP contribution in [0.15, 0.2) is 45.1 Å². The molecule has 0 unspecified atom stereocenters. The molecule has 2 N–H and O–H groups in total. The van der Waals surface area contributed by atoms with E-state index in [1.807, 2.05) is 38.1 Å². The Bertz CT molecular complexity index is 798. The second-order valence-corrected chi connectivity index (χ2v) is 7.24. The van der Waals surface area contributed by atoms with Gasteiger partial charge < -0.3 is 5.32 Å². The topological polar surface area (TPSA) is 83.6 Å². The molecule has 0 aliphatic heterocycles. The van der Waals surface area contributed by atoms with E-state index in [0.29, 0.717) is 11.6 Å². The lowest BCUT2D eigenvalue weighted by Crippen LogP contribution is -2.13. The molecule has 0 spiro atoms. The lowest BCUT2D eigenvalue weighted by Gasteiger charge is -2.08. The average Bonchev–Trinajstić information content (AvgIpc) is 3.20. The van der Waals surface area contributed by atoms with Crippen molar-refractivity contribution in [3.8, 4) is 0 Å². The maximum absolute atomic E-state index is 12.4. The Morgan fingerprint density at radius 2 is 2.17 bits per heavy atom. The molecule has 1 amide bonds. The van der Waals surface area contributed by atoms with Crippen molar-refractivity contribution in [2.75, 3.05) is 5.32 Å². The van der Waals surface area contributed by atoms with Crippen LogP contribution in [0.2, 0.25) is 0 Å². The minimum Gasteiger partial charge on any atom is -0.320 e. The van der Waals surface area contributed by atoms with E-state index in [-0.39, 0.29) is 5.91 Å². The van der Waals surface area contributed by atoms with Gasteiger partial charge in [0.2, 0.25) is 0 Å². The summed E-state index contributed by atoms with van der Waals surface area (Å²) < 4.78 is 0.827. The monoisotopic (exact) mass is 345 g/mol. The number of hydrogen-bond acceptors (Lipinski definition) is 6. The highest BCUT2D eigenvalue weighted by molar-refractivity contribution is 8.01. The number of carbonyl (C=O) groups is 1. The lowest BCUT2D eigenvalue weighted by atomic mass is 10.1. The smallest absolute Gasteiger partial charge is 0.276 e. The molecule has 118 valence electrons. The van der Waals surface area contributed by atoms with Crippen LogP contribution in [0.5, 0.6) is 0 Å². The number of rotatable bonds is 5. The summed E-state index contributed by atoms with van der Waals surface area (Å²) in [7, 11) is 0. The first kappa shape index (κ1) is 15.7. The molecule has 2 aromatic heterocycles. The van der Waals surface area contributed by atoms with Crippen molar-refractivity contribution in [1.29, 1.82) is 0 Å². The molecule has 0 saturated heterocycles. The first-order valence-electron chi connectivity index (χ1n) is 7.03. The maximum Gasteiger partial charge on any atom is 0.276 e. The fourth-order valence-corrected chi connectivity index (χ4v) is 3.42. The van der Waals surface area contributed by atoms with Gasteiger partial charge in [-0.15, -0.1) is 10.2 Å². The van der Waals surface area contributed by atoms with Crippen molar-refractivity contribution in [2.24, 2.45) is 0 Å². The summed E-state index contributed by atoms with van der Waals surface area (Å²) >= 11 is 2.93. The molecule has 2 heterocycles. The van der Waals surface area contributed by atoms with E-state index in [9.17, 15) is 4.79 Å². The van der Waals surface area contributed by atoms with Crippen LogP contribution in [0.4, 0.5) is 5.69 Å². The second-order valence-electron chi connectivity index (χ2n) is 5.12. The van der Waals surface area contributed by atoms with Crippen LogP contribution in [-0.4, -0.2) is 26.3 Å². The number of anilines is 1. The number of carbonyl (C=O) groups excluding carboxylic acids is 1. The number of nitrogens with zero attached hydrogens (tertiary/aromatic N) is 3. The van der Waals surface area contributed by atoms with Gasteiger partial charge >= 0.3 is 0 Å². The van der Waals surface area contributed by atoms with Crippen molar-refractivity contribution < 1.29 is 4.79 Å². The number of aromatic amines is 1. The summed E-state index contributed by atoms with van der Waals surface area (Å²) in [6.45, 7) is 4.09. The van der Waals surface area contributed by atoms with Gasteiger partial charge in [-0.2, -0.15) is 5.10 Å². The number of H-pyrrole nitrogens is 1. The molecule has 0 aliphatic carbocycles. The van der Waals surface area contributed by atoms with E-state index < -0.39 is 0 Å². The Balaban J connectivity index is 1.78. The quantitative estimate of drug-likeness (QED) is 0.735. The standard InChI is InChI=1S/C15H15N5OS2/c1-9(2)11-7-12(19-18-11)14(21)17-10-5-3-4-6-13(10)23-15-20-16-8-22-15/h3-9H,1-2H3,(H,17,21)(H,18,19). The van der Waals surface area contributed by atoms with Crippen LogP contribution in [-0.2, 0) is 0 Å². The largest absolute Gasteiger partial charge is 0.320 e. The van der Waals surface area contributed by atoms with Crippen LogP contribution in [0, 0.1) is 0 Å². The number of hydrogen-bond donors (Lipinski definition) is 2. The van der Waals surface area contributed by atoms with Crippen LogP contribution in [0.1, 0.15) is 35.9 Å². The number of para-hydroxylation sites is 1. The molecule has 23 heavy (non-hydrogen) atoms. The van der Waals surface area contributed by atoms with Gasteiger partial charge in [0, 0.05) is 10.6 Å². The first-order chi connectivity index (χ1) is 11.1. The van der Waals surface area contributed by atoms with Gasteiger partial charge in [-0.25, -0.2) is 0 Å². The first-order valence-corrected chi connectivity index (χ1v) is 8.73.